The maximum atomic E-state index is 11.1. The van der Waals surface area contributed by atoms with E-state index in [1.54, 1.807) is 6.92 Å². The first kappa shape index (κ1) is 11.9. The lowest BCUT2D eigenvalue weighted by Gasteiger charge is -2.01. The van der Waals surface area contributed by atoms with Gasteiger partial charge >= 0.3 is 5.69 Å². The molecule has 0 aliphatic rings. The minimum absolute atomic E-state index is 0. The van der Waals surface area contributed by atoms with Crippen LogP contribution in [0.15, 0.2) is 15.7 Å². The number of halogens is 1. The highest BCUT2D eigenvalue weighted by atomic mass is 35.5. The molecule has 13 heavy (non-hydrogen) atoms. The van der Waals surface area contributed by atoms with Gasteiger partial charge in [0.2, 0.25) is 0 Å². The Hall–Kier alpha value is -1.07. The smallest absolute Gasteiger partial charge is 0.328 e. The van der Waals surface area contributed by atoms with Crippen LogP contribution in [0.3, 0.4) is 0 Å². The molecule has 6 heteroatoms. The van der Waals surface area contributed by atoms with Crippen LogP contribution in [0.5, 0.6) is 0 Å². The largest absolute Gasteiger partial charge is 0.329 e. The maximum Gasteiger partial charge on any atom is 0.328 e. The molecule has 0 unspecified atom stereocenters. The third kappa shape index (κ3) is 2.71. The molecule has 74 valence electrons. The molecule has 0 fully saturated rings. The number of H-pyrrole nitrogens is 1. The number of aromatic nitrogens is 2. The summed E-state index contributed by atoms with van der Waals surface area (Å²) in [5.41, 5.74) is 5.09. The van der Waals surface area contributed by atoms with Crippen molar-refractivity contribution in [2.45, 2.75) is 13.5 Å². The van der Waals surface area contributed by atoms with Gasteiger partial charge in [0.05, 0.1) is 0 Å². The average molecular weight is 206 g/mol. The Kier molecular flexibility index (Phi) is 4.44. The molecule has 1 rings (SSSR count). The van der Waals surface area contributed by atoms with E-state index < -0.39 is 5.69 Å². The number of hydrogen-bond donors (Lipinski definition) is 2. The van der Waals surface area contributed by atoms with Gasteiger partial charge in [-0.2, -0.15) is 0 Å². The van der Waals surface area contributed by atoms with Gasteiger partial charge in [0.1, 0.15) is 0 Å². The summed E-state index contributed by atoms with van der Waals surface area (Å²) in [6.07, 6.45) is 0. The quantitative estimate of drug-likeness (QED) is 0.665. The highest BCUT2D eigenvalue weighted by Crippen LogP contribution is 1.78. The average Bonchev–Trinajstić information content (AvgIpc) is 1.96. The van der Waals surface area contributed by atoms with Crippen molar-refractivity contribution in [1.29, 1.82) is 0 Å². The summed E-state index contributed by atoms with van der Waals surface area (Å²) in [5, 5.41) is 0. The summed E-state index contributed by atoms with van der Waals surface area (Å²) in [6.45, 7) is 2.20. The minimum atomic E-state index is -0.398. The van der Waals surface area contributed by atoms with E-state index in [1.807, 2.05) is 0 Å². The van der Waals surface area contributed by atoms with Crippen LogP contribution >= 0.6 is 12.4 Å². The first-order valence-electron chi connectivity index (χ1n) is 3.66. The lowest BCUT2D eigenvalue weighted by Crippen LogP contribution is -2.36. The molecule has 0 saturated heterocycles. The van der Waals surface area contributed by atoms with Crippen molar-refractivity contribution >= 4 is 12.4 Å². The molecule has 5 nitrogen and oxygen atoms in total. The molecule has 1 heterocycles. The second-order valence-electron chi connectivity index (χ2n) is 2.54. The van der Waals surface area contributed by atoms with Crippen molar-refractivity contribution in [3.8, 4) is 0 Å². The van der Waals surface area contributed by atoms with E-state index >= 15 is 0 Å². The van der Waals surface area contributed by atoms with Crippen LogP contribution in [0.4, 0.5) is 0 Å². The van der Waals surface area contributed by atoms with Gasteiger partial charge in [-0.3, -0.25) is 9.36 Å². The molecule has 1 aromatic heterocycles. The summed E-state index contributed by atoms with van der Waals surface area (Å²) in [6, 6.07) is 1.37. The van der Waals surface area contributed by atoms with Crippen LogP contribution in [0, 0.1) is 6.92 Å². The third-order valence-electron chi connectivity index (χ3n) is 1.51. The molecule has 1 aromatic rings. The number of aryl methyl sites for hydroxylation is 1. The number of hydrogen-bond acceptors (Lipinski definition) is 3. The molecule has 0 spiro atoms. The van der Waals surface area contributed by atoms with Crippen molar-refractivity contribution in [3.05, 3.63) is 32.6 Å². The second-order valence-corrected chi connectivity index (χ2v) is 2.54. The summed E-state index contributed by atoms with van der Waals surface area (Å²) in [7, 11) is 0. The normalized spacial score (nSPS) is 9.38. The molecule has 0 aliphatic heterocycles. The molecule has 0 aliphatic carbocycles. The topological polar surface area (TPSA) is 80.9 Å². The van der Waals surface area contributed by atoms with Gasteiger partial charge in [0.25, 0.3) is 5.56 Å². The van der Waals surface area contributed by atoms with E-state index in [0.29, 0.717) is 5.69 Å². The van der Waals surface area contributed by atoms with E-state index in [0.717, 1.165) is 4.57 Å². The zero-order valence-corrected chi connectivity index (χ0v) is 8.06. The van der Waals surface area contributed by atoms with Crippen molar-refractivity contribution < 1.29 is 0 Å². The van der Waals surface area contributed by atoms with Crippen molar-refractivity contribution in [1.82, 2.24) is 9.55 Å². The molecule has 0 bridgehead atoms. The predicted molar refractivity (Wildman–Crippen MR) is 52.4 cm³/mol. The van der Waals surface area contributed by atoms with Crippen molar-refractivity contribution in [2.24, 2.45) is 5.73 Å². The number of nitrogens with two attached hydrogens (primary N) is 1. The highest BCUT2D eigenvalue weighted by molar-refractivity contribution is 5.85. The second kappa shape index (κ2) is 4.84. The van der Waals surface area contributed by atoms with E-state index in [2.05, 4.69) is 4.98 Å². The van der Waals surface area contributed by atoms with E-state index in [1.165, 1.54) is 6.07 Å². The Morgan fingerprint density at radius 3 is 2.62 bits per heavy atom. The van der Waals surface area contributed by atoms with Crippen LogP contribution < -0.4 is 17.0 Å². The number of nitrogens with zero attached hydrogens (tertiary/aromatic N) is 1. The molecule has 0 amide bonds. The van der Waals surface area contributed by atoms with E-state index in [4.69, 9.17) is 5.73 Å². The fraction of sp³-hybridized carbons (Fsp3) is 0.429. The van der Waals surface area contributed by atoms with Gasteiger partial charge in [0.15, 0.2) is 0 Å². The summed E-state index contributed by atoms with van der Waals surface area (Å²) < 4.78 is 1.08. The molecule has 0 aromatic carbocycles. The Morgan fingerprint density at radius 1 is 1.54 bits per heavy atom. The van der Waals surface area contributed by atoms with Gasteiger partial charge < -0.3 is 10.7 Å². The van der Waals surface area contributed by atoms with Crippen molar-refractivity contribution in [2.75, 3.05) is 6.54 Å². The van der Waals surface area contributed by atoms with Crippen LogP contribution in [0.25, 0.3) is 0 Å². The van der Waals surface area contributed by atoms with Crippen LogP contribution in [-0.4, -0.2) is 16.1 Å². The first-order valence-corrected chi connectivity index (χ1v) is 3.66. The van der Waals surface area contributed by atoms with Crippen LogP contribution in [0.1, 0.15) is 5.69 Å². The van der Waals surface area contributed by atoms with Crippen LogP contribution in [0.2, 0.25) is 0 Å². The molecule has 3 N–H and O–H groups in total. The number of nitrogens with one attached hydrogen (secondary N) is 1. The number of aromatic amines is 1. The summed E-state index contributed by atoms with van der Waals surface area (Å²) in [5.74, 6) is 0. The fourth-order valence-electron chi connectivity index (χ4n) is 0.976. The standard InChI is InChI=1S/C7H11N3O2.ClH/c1-5-4-6(11)10(3-2-8)7(12)9-5;/h4H,2-3,8H2,1H3,(H,9,12);1H. The van der Waals surface area contributed by atoms with Crippen molar-refractivity contribution in [3.63, 3.8) is 0 Å². The van der Waals surface area contributed by atoms with E-state index in [-0.39, 0.29) is 31.1 Å². The lowest BCUT2D eigenvalue weighted by atomic mass is 10.4. The molecular weight excluding hydrogens is 194 g/mol. The zero-order valence-electron chi connectivity index (χ0n) is 7.24. The Bertz CT molecular complexity index is 351. The highest BCUT2D eigenvalue weighted by Gasteiger charge is 1.99. The SMILES string of the molecule is Cc1cc(=O)n(CCN)c(=O)[nH]1.Cl. The molecule has 0 saturated carbocycles. The molecular formula is C7H12ClN3O2. The maximum absolute atomic E-state index is 11.1. The van der Waals surface area contributed by atoms with Gasteiger partial charge in [-0.05, 0) is 6.92 Å². The minimum Gasteiger partial charge on any atom is -0.329 e. The Morgan fingerprint density at radius 2 is 2.15 bits per heavy atom. The number of rotatable bonds is 2. The first-order chi connectivity index (χ1) is 5.65. The zero-order chi connectivity index (χ0) is 9.14. The van der Waals surface area contributed by atoms with E-state index in [9.17, 15) is 9.59 Å². The third-order valence-corrected chi connectivity index (χ3v) is 1.51. The Labute approximate surface area is 81.0 Å². The molecule has 0 atom stereocenters. The van der Waals surface area contributed by atoms with Gasteiger partial charge in [-0.1, -0.05) is 0 Å². The Balaban J connectivity index is 0.00000144. The van der Waals surface area contributed by atoms with Gasteiger partial charge in [-0.15, -0.1) is 12.4 Å². The van der Waals surface area contributed by atoms with Crippen LogP contribution in [-0.2, 0) is 6.54 Å². The predicted octanol–water partition coefficient (Wildman–Crippen LogP) is -0.774. The fourth-order valence-corrected chi connectivity index (χ4v) is 0.976. The summed E-state index contributed by atoms with van der Waals surface area (Å²) >= 11 is 0. The monoisotopic (exact) mass is 205 g/mol. The molecule has 0 radical (unpaired) electrons. The van der Waals surface area contributed by atoms with Gasteiger partial charge in [0, 0.05) is 24.8 Å². The van der Waals surface area contributed by atoms with Gasteiger partial charge in [-0.25, -0.2) is 4.79 Å². The lowest BCUT2D eigenvalue weighted by molar-refractivity contribution is 0.633. The summed E-state index contributed by atoms with van der Waals surface area (Å²) in [4.78, 5) is 24.8.